The second-order valence-corrected chi connectivity index (χ2v) is 5.09. The summed E-state index contributed by atoms with van der Waals surface area (Å²) in [5.74, 6) is 0.335. The number of urea groups is 1. The molecule has 0 spiro atoms. The van der Waals surface area contributed by atoms with Crippen molar-refractivity contribution in [2.75, 3.05) is 12.4 Å². The third kappa shape index (κ3) is 4.21. The summed E-state index contributed by atoms with van der Waals surface area (Å²) in [5, 5.41) is 5.58. The van der Waals surface area contributed by atoms with Gasteiger partial charge in [0.05, 0.1) is 13.3 Å². The molecule has 2 rings (SSSR count). The maximum atomic E-state index is 12.0. The lowest BCUT2D eigenvalue weighted by Crippen LogP contribution is -2.36. The average molecular weight is 303 g/mol. The van der Waals surface area contributed by atoms with Gasteiger partial charge in [-0.25, -0.2) is 9.78 Å². The molecule has 0 radical (unpaired) electrons. The second-order valence-electron chi connectivity index (χ2n) is 5.09. The number of hydrogen-bond acceptors (Lipinski definition) is 4. The van der Waals surface area contributed by atoms with Gasteiger partial charge in [0.15, 0.2) is 0 Å². The fourth-order valence-electron chi connectivity index (χ4n) is 2.14. The Bertz CT molecular complexity index is 626. The molecule has 22 heavy (non-hydrogen) atoms. The molecule has 0 bridgehead atoms. The van der Waals surface area contributed by atoms with E-state index in [0.29, 0.717) is 11.6 Å². The van der Waals surface area contributed by atoms with Gasteiger partial charge in [-0.2, -0.15) is 4.98 Å². The molecule has 0 aromatic carbocycles. The number of nitrogens with zero attached hydrogens (tertiary/aromatic N) is 3. The lowest BCUT2D eigenvalue weighted by molar-refractivity contribution is 0.248. The van der Waals surface area contributed by atoms with Crippen LogP contribution >= 0.6 is 0 Å². The molecule has 1 atom stereocenters. The van der Waals surface area contributed by atoms with Crippen LogP contribution in [0.3, 0.4) is 0 Å². The van der Waals surface area contributed by atoms with E-state index in [9.17, 15) is 4.79 Å². The van der Waals surface area contributed by atoms with Crippen molar-refractivity contribution in [1.82, 2.24) is 19.9 Å². The number of aromatic nitrogens is 3. The van der Waals surface area contributed by atoms with Crippen LogP contribution < -0.4 is 15.4 Å². The summed E-state index contributed by atoms with van der Waals surface area (Å²) in [6, 6.07) is 3.85. The van der Waals surface area contributed by atoms with Crippen molar-refractivity contribution in [3.63, 3.8) is 0 Å². The van der Waals surface area contributed by atoms with Gasteiger partial charge in [-0.05, 0) is 31.9 Å². The molecule has 0 aliphatic heterocycles. The summed E-state index contributed by atoms with van der Waals surface area (Å²) in [7, 11) is 3.51. The van der Waals surface area contributed by atoms with Crippen LogP contribution in [0.2, 0.25) is 0 Å². The third-order valence-electron chi connectivity index (χ3n) is 3.38. The van der Waals surface area contributed by atoms with E-state index in [-0.39, 0.29) is 12.1 Å². The normalized spacial score (nSPS) is 11.8. The van der Waals surface area contributed by atoms with Crippen molar-refractivity contribution in [2.45, 2.75) is 25.8 Å². The fraction of sp³-hybridized carbons (Fsp3) is 0.400. The summed E-state index contributed by atoms with van der Waals surface area (Å²) in [4.78, 5) is 19.8. The number of ether oxygens (including phenoxy) is 1. The van der Waals surface area contributed by atoms with Crippen LogP contribution in [0.25, 0.3) is 0 Å². The van der Waals surface area contributed by atoms with E-state index in [1.54, 1.807) is 0 Å². The molecule has 0 aliphatic carbocycles. The van der Waals surface area contributed by atoms with Gasteiger partial charge in [0.1, 0.15) is 12.0 Å². The first-order valence-corrected chi connectivity index (χ1v) is 7.12. The van der Waals surface area contributed by atoms with E-state index < -0.39 is 0 Å². The largest absolute Gasteiger partial charge is 0.479 e. The van der Waals surface area contributed by atoms with Gasteiger partial charge < -0.3 is 19.9 Å². The molecule has 0 unspecified atom stereocenters. The quantitative estimate of drug-likeness (QED) is 0.855. The standard InChI is InChI=1S/C15H21N5O2/c1-11(6-7-12-5-4-8-20(12)2)18-15(21)19-13-9-16-10-17-14(13)22-3/h4-5,8-11H,6-7H2,1-3H3,(H2,18,19,21)/t11-/m0/s1. The fourth-order valence-corrected chi connectivity index (χ4v) is 2.14. The summed E-state index contributed by atoms with van der Waals surface area (Å²) in [6.07, 6.45) is 6.64. The van der Waals surface area contributed by atoms with Crippen LogP contribution in [0.5, 0.6) is 5.88 Å². The number of aryl methyl sites for hydroxylation is 2. The van der Waals surface area contributed by atoms with Crippen molar-refractivity contribution in [3.8, 4) is 5.88 Å². The Morgan fingerprint density at radius 3 is 3.00 bits per heavy atom. The second kappa shape index (κ2) is 7.44. The molecule has 0 fully saturated rings. The lowest BCUT2D eigenvalue weighted by Gasteiger charge is -2.15. The minimum Gasteiger partial charge on any atom is -0.479 e. The molecule has 2 amide bonds. The number of rotatable bonds is 6. The Morgan fingerprint density at radius 2 is 2.32 bits per heavy atom. The summed E-state index contributed by atoms with van der Waals surface area (Å²) in [6.45, 7) is 1.97. The molecule has 0 saturated heterocycles. The number of nitrogens with one attached hydrogen (secondary N) is 2. The van der Waals surface area contributed by atoms with E-state index in [1.165, 1.54) is 25.3 Å². The predicted octanol–water partition coefficient (Wildman–Crippen LogP) is 1.97. The molecule has 2 N–H and O–H groups in total. The minimum absolute atomic E-state index is 0.0468. The Morgan fingerprint density at radius 1 is 1.50 bits per heavy atom. The zero-order chi connectivity index (χ0) is 15.9. The molecule has 7 heteroatoms. The molecular weight excluding hydrogens is 282 g/mol. The first-order chi connectivity index (χ1) is 10.6. The number of carbonyl (C=O) groups excluding carboxylic acids is 1. The van der Waals surface area contributed by atoms with Gasteiger partial charge >= 0.3 is 6.03 Å². The smallest absolute Gasteiger partial charge is 0.319 e. The number of amides is 2. The molecule has 7 nitrogen and oxygen atoms in total. The maximum absolute atomic E-state index is 12.0. The predicted molar refractivity (Wildman–Crippen MR) is 83.9 cm³/mol. The van der Waals surface area contributed by atoms with Gasteiger partial charge in [0, 0.05) is 25.0 Å². The van der Waals surface area contributed by atoms with Crippen LogP contribution in [-0.2, 0) is 13.5 Å². The highest BCUT2D eigenvalue weighted by Crippen LogP contribution is 2.18. The van der Waals surface area contributed by atoms with Gasteiger partial charge in [-0.15, -0.1) is 0 Å². The molecular formula is C15H21N5O2. The highest BCUT2D eigenvalue weighted by atomic mass is 16.5. The van der Waals surface area contributed by atoms with Crippen LogP contribution in [0.15, 0.2) is 30.9 Å². The number of methoxy groups -OCH3 is 1. The molecule has 118 valence electrons. The molecule has 2 aromatic heterocycles. The molecule has 0 saturated carbocycles. The van der Waals surface area contributed by atoms with Crippen molar-refractivity contribution >= 4 is 11.7 Å². The first-order valence-electron chi connectivity index (χ1n) is 7.12. The molecule has 2 heterocycles. The van der Waals surface area contributed by atoms with Crippen LogP contribution in [0.1, 0.15) is 19.0 Å². The minimum atomic E-state index is -0.299. The topological polar surface area (TPSA) is 81.1 Å². The van der Waals surface area contributed by atoms with Crippen molar-refractivity contribution in [3.05, 3.63) is 36.5 Å². The van der Waals surface area contributed by atoms with Crippen LogP contribution in [-0.4, -0.2) is 33.7 Å². The Balaban J connectivity index is 1.82. The number of hydrogen-bond donors (Lipinski definition) is 2. The van der Waals surface area contributed by atoms with Crippen molar-refractivity contribution in [2.24, 2.45) is 7.05 Å². The van der Waals surface area contributed by atoms with Crippen LogP contribution in [0, 0.1) is 0 Å². The molecule has 2 aromatic rings. The Kier molecular flexibility index (Phi) is 5.35. The van der Waals surface area contributed by atoms with E-state index >= 15 is 0 Å². The highest BCUT2D eigenvalue weighted by molar-refractivity contribution is 5.90. The van der Waals surface area contributed by atoms with Gasteiger partial charge in [0.25, 0.3) is 0 Å². The summed E-state index contributed by atoms with van der Waals surface area (Å²) < 4.78 is 7.15. The Hall–Kier alpha value is -2.57. The van der Waals surface area contributed by atoms with Crippen LogP contribution in [0.4, 0.5) is 10.5 Å². The third-order valence-corrected chi connectivity index (χ3v) is 3.38. The van der Waals surface area contributed by atoms with Gasteiger partial charge in [0.2, 0.25) is 5.88 Å². The summed E-state index contributed by atoms with van der Waals surface area (Å²) in [5.41, 5.74) is 1.68. The monoisotopic (exact) mass is 303 g/mol. The zero-order valence-corrected chi connectivity index (χ0v) is 13.0. The average Bonchev–Trinajstić information content (AvgIpc) is 2.91. The summed E-state index contributed by atoms with van der Waals surface area (Å²) >= 11 is 0. The SMILES string of the molecule is COc1ncncc1NC(=O)N[C@@H](C)CCc1cccn1C. The van der Waals surface area contributed by atoms with E-state index in [2.05, 4.69) is 31.2 Å². The first kappa shape index (κ1) is 15.8. The van der Waals surface area contributed by atoms with E-state index in [0.717, 1.165) is 12.8 Å². The zero-order valence-electron chi connectivity index (χ0n) is 13.0. The van der Waals surface area contributed by atoms with Gasteiger partial charge in [-0.1, -0.05) is 0 Å². The van der Waals surface area contributed by atoms with Crippen molar-refractivity contribution < 1.29 is 9.53 Å². The molecule has 0 aliphatic rings. The van der Waals surface area contributed by atoms with E-state index in [4.69, 9.17) is 4.74 Å². The Labute approximate surface area is 129 Å². The lowest BCUT2D eigenvalue weighted by atomic mass is 10.1. The van der Waals surface area contributed by atoms with E-state index in [1.807, 2.05) is 26.2 Å². The highest BCUT2D eigenvalue weighted by Gasteiger charge is 2.11. The van der Waals surface area contributed by atoms with Crippen molar-refractivity contribution in [1.29, 1.82) is 0 Å². The number of anilines is 1. The maximum Gasteiger partial charge on any atom is 0.319 e. The number of carbonyl (C=O) groups is 1. The van der Waals surface area contributed by atoms with Gasteiger partial charge in [-0.3, -0.25) is 0 Å².